The Morgan fingerprint density at radius 3 is 2.58 bits per heavy atom. The first-order valence-electron chi connectivity index (χ1n) is 6.29. The molecule has 0 fully saturated rings. The van der Waals surface area contributed by atoms with Crippen molar-refractivity contribution >= 4 is 24.8 Å². The van der Waals surface area contributed by atoms with Gasteiger partial charge in [0.25, 0.3) is 0 Å². The molecule has 0 bridgehead atoms. The molecule has 0 atom stereocenters. The monoisotopic (exact) mass is 308 g/mol. The van der Waals surface area contributed by atoms with E-state index >= 15 is 0 Å². The fourth-order valence-corrected chi connectivity index (χ4v) is 1.66. The molecule has 0 radical (unpaired) electrons. The quantitative estimate of drug-likeness (QED) is 0.747. The number of benzene rings is 1. The molecule has 1 rings (SSSR count). The standard InChI is InChI=1S/C14H24N2O.2ClH/c1-4-17-14-8-5-7-13(11-14)12-15-9-6-10-16(2)3;;/h5,7-8,11,15H,4,6,9-10,12H2,1-3H3;2*1H. The van der Waals surface area contributed by atoms with Crippen LogP contribution in [-0.2, 0) is 6.54 Å². The van der Waals surface area contributed by atoms with Crippen LogP contribution in [0.4, 0.5) is 0 Å². The molecule has 0 aliphatic carbocycles. The van der Waals surface area contributed by atoms with Crippen LogP contribution in [0.1, 0.15) is 18.9 Å². The van der Waals surface area contributed by atoms with Gasteiger partial charge in [0, 0.05) is 6.54 Å². The van der Waals surface area contributed by atoms with Crippen LogP contribution >= 0.6 is 24.8 Å². The van der Waals surface area contributed by atoms with Crippen molar-refractivity contribution in [2.75, 3.05) is 33.8 Å². The highest BCUT2D eigenvalue weighted by Crippen LogP contribution is 2.12. The zero-order chi connectivity index (χ0) is 12.5. The third kappa shape index (κ3) is 10.0. The van der Waals surface area contributed by atoms with Gasteiger partial charge in [0.15, 0.2) is 0 Å². The molecule has 1 aromatic carbocycles. The van der Waals surface area contributed by atoms with E-state index in [0.29, 0.717) is 0 Å². The molecular weight excluding hydrogens is 283 g/mol. The number of halogens is 2. The van der Waals surface area contributed by atoms with Crippen LogP contribution in [0.15, 0.2) is 24.3 Å². The largest absolute Gasteiger partial charge is 0.494 e. The average Bonchev–Trinajstić information content (AvgIpc) is 2.29. The van der Waals surface area contributed by atoms with Gasteiger partial charge in [-0.15, -0.1) is 24.8 Å². The molecule has 0 saturated heterocycles. The molecular formula is C14H26Cl2N2O. The molecule has 0 aromatic heterocycles. The minimum Gasteiger partial charge on any atom is -0.494 e. The summed E-state index contributed by atoms with van der Waals surface area (Å²) in [4.78, 5) is 2.21. The van der Waals surface area contributed by atoms with E-state index in [1.807, 2.05) is 19.1 Å². The number of hydrogen-bond donors (Lipinski definition) is 1. The van der Waals surface area contributed by atoms with E-state index in [9.17, 15) is 0 Å². The second kappa shape index (κ2) is 12.5. The van der Waals surface area contributed by atoms with Crippen LogP contribution in [0.3, 0.4) is 0 Å². The fourth-order valence-electron chi connectivity index (χ4n) is 1.66. The Bertz CT molecular complexity index is 322. The summed E-state index contributed by atoms with van der Waals surface area (Å²) in [5, 5.41) is 3.44. The summed E-state index contributed by atoms with van der Waals surface area (Å²) in [6.45, 7) is 5.82. The van der Waals surface area contributed by atoms with Gasteiger partial charge in [-0.05, 0) is 58.2 Å². The van der Waals surface area contributed by atoms with E-state index < -0.39 is 0 Å². The van der Waals surface area contributed by atoms with Crippen LogP contribution in [-0.4, -0.2) is 38.7 Å². The third-order valence-corrected chi connectivity index (χ3v) is 2.50. The van der Waals surface area contributed by atoms with Gasteiger partial charge < -0.3 is 15.0 Å². The number of ether oxygens (including phenoxy) is 1. The molecule has 1 aromatic rings. The molecule has 5 heteroatoms. The molecule has 3 nitrogen and oxygen atoms in total. The molecule has 112 valence electrons. The third-order valence-electron chi connectivity index (χ3n) is 2.50. The predicted molar refractivity (Wildman–Crippen MR) is 87.0 cm³/mol. The number of hydrogen-bond acceptors (Lipinski definition) is 3. The lowest BCUT2D eigenvalue weighted by molar-refractivity contribution is 0.340. The first-order chi connectivity index (χ1) is 8.22. The van der Waals surface area contributed by atoms with E-state index in [0.717, 1.165) is 32.0 Å². The van der Waals surface area contributed by atoms with Crippen molar-refractivity contribution in [3.05, 3.63) is 29.8 Å². The highest BCUT2D eigenvalue weighted by molar-refractivity contribution is 5.85. The van der Waals surface area contributed by atoms with Crippen molar-refractivity contribution in [2.45, 2.75) is 19.9 Å². The summed E-state index contributed by atoms with van der Waals surface area (Å²) in [6.07, 6.45) is 1.18. The summed E-state index contributed by atoms with van der Waals surface area (Å²) < 4.78 is 5.47. The number of nitrogens with one attached hydrogen (secondary N) is 1. The Kier molecular flexibility index (Phi) is 13.8. The summed E-state index contributed by atoms with van der Waals surface area (Å²) in [5.74, 6) is 0.958. The molecule has 19 heavy (non-hydrogen) atoms. The molecule has 0 heterocycles. The maximum atomic E-state index is 5.47. The highest BCUT2D eigenvalue weighted by Gasteiger charge is 1.96. The fraction of sp³-hybridized carbons (Fsp3) is 0.571. The number of nitrogens with zero attached hydrogens (tertiary/aromatic N) is 1. The van der Waals surface area contributed by atoms with E-state index in [1.165, 1.54) is 12.0 Å². The predicted octanol–water partition coefficient (Wildman–Crippen LogP) is 2.97. The van der Waals surface area contributed by atoms with Crippen molar-refractivity contribution in [3.8, 4) is 5.75 Å². The first-order valence-corrected chi connectivity index (χ1v) is 6.29. The van der Waals surface area contributed by atoms with Crippen molar-refractivity contribution in [3.63, 3.8) is 0 Å². The van der Waals surface area contributed by atoms with Gasteiger partial charge in [0.1, 0.15) is 5.75 Å². The molecule has 0 aliphatic heterocycles. The smallest absolute Gasteiger partial charge is 0.119 e. The maximum Gasteiger partial charge on any atom is 0.119 e. The van der Waals surface area contributed by atoms with Crippen molar-refractivity contribution in [1.82, 2.24) is 10.2 Å². The minimum absolute atomic E-state index is 0. The number of rotatable bonds is 8. The summed E-state index contributed by atoms with van der Waals surface area (Å²) >= 11 is 0. The van der Waals surface area contributed by atoms with Crippen molar-refractivity contribution < 1.29 is 4.74 Å². The Hall–Kier alpha value is -0.480. The Balaban J connectivity index is 0. The van der Waals surface area contributed by atoms with Crippen LogP contribution in [0, 0.1) is 0 Å². The second-order valence-corrected chi connectivity index (χ2v) is 4.41. The zero-order valence-electron chi connectivity index (χ0n) is 12.0. The topological polar surface area (TPSA) is 24.5 Å². The SMILES string of the molecule is CCOc1cccc(CNCCCN(C)C)c1.Cl.Cl. The summed E-state index contributed by atoms with van der Waals surface area (Å²) in [7, 11) is 4.21. The van der Waals surface area contributed by atoms with Crippen molar-refractivity contribution in [2.24, 2.45) is 0 Å². The lowest BCUT2D eigenvalue weighted by Gasteiger charge is -2.10. The average molecular weight is 309 g/mol. The molecule has 0 amide bonds. The summed E-state index contributed by atoms with van der Waals surface area (Å²) in [6, 6.07) is 8.27. The van der Waals surface area contributed by atoms with Crippen LogP contribution in [0.25, 0.3) is 0 Å². The van der Waals surface area contributed by atoms with Crippen molar-refractivity contribution in [1.29, 1.82) is 0 Å². The first kappa shape index (κ1) is 20.8. The van der Waals surface area contributed by atoms with Crippen LogP contribution in [0.2, 0.25) is 0 Å². The normalized spacial score (nSPS) is 9.68. The molecule has 0 spiro atoms. The van der Waals surface area contributed by atoms with Gasteiger partial charge in [-0.1, -0.05) is 12.1 Å². The van der Waals surface area contributed by atoms with E-state index in [2.05, 4.69) is 36.4 Å². The lowest BCUT2D eigenvalue weighted by Crippen LogP contribution is -2.20. The maximum absolute atomic E-state index is 5.47. The van der Waals surface area contributed by atoms with Crippen LogP contribution < -0.4 is 10.1 Å². The van der Waals surface area contributed by atoms with Gasteiger partial charge in [-0.25, -0.2) is 0 Å². The zero-order valence-corrected chi connectivity index (χ0v) is 13.6. The molecule has 0 unspecified atom stereocenters. The highest BCUT2D eigenvalue weighted by atomic mass is 35.5. The molecule has 0 aliphatic rings. The van der Waals surface area contributed by atoms with Gasteiger partial charge in [0.05, 0.1) is 6.61 Å². The van der Waals surface area contributed by atoms with E-state index in [-0.39, 0.29) is 24.8 Å². The summed E-state index contributed by atoms with van der Waals surface area (Å²) in [5.41, 5.74) is 1.28. The van der Waals surface area contributed by atoms with Gasteiger partial charge >= 0.3 is 0 Å². The second-order valence-electron chi connectivity index (χ2n) is 4.41. The van der Waals surface area contributed by atoms with Gasteiger partial charge in [-0.2, -0.15) is 0 Å². The van der Waals surface area contributed by atoms with E-state index in [4.69, 9.17) is 4.74 Å². The van der Waals surface area contributed by atoms with E-state index in [1.54, 1.807) is 0 Å². The minimum atomic E-state index is 0. The van der Waals surface area contributed by atoms with Gasteiger partial charge in [-0.3, -0.25) is 0 Å². The molecule has 0 saturated carbocycles. The van der Waals surface area contributed by atoms with Crippen LogP contribution in [0.5, 0.6) is 5.75 Å². The Morgan fingerprint density at radius 2 is 1.95 bits per heavy atom. The Morgan fingerprint density at radius 1 is 1.21 bits per heavy atom. The lowest BCUT2D eigenvalue weighted by atomic mass is 10.2. The Labute approximate surface area is 129 Å². The molecule has 1 N–H and O–H groups in total. The van der Waals surface area contributed by atoms with Gasteiger partial charge in [0.2, 0.25) is 0 Å².